The first-order chi connectivity index (χ1) is 17.1. The Kier molecular flexibility index (Phi) is 7.98. The molecule has 0 bridgehead atoms. The maximum atomic E-state index is 13.1. The first-order valence-corrected chi connectivity index (χ1v) is 14.0. The number of thiophene rings is 1. The molecular formula is C30H37FN2OS. The molecule has 186 valence electrons. The van der Waals surface area contributed by atoms with E-state index in [1.54, 1.807) is 11.3 Å². The number of halogens is 1. The van der Waals surface area contributed by atoms with Crippen LogP contribution >= 0.6 is 11.3 Å². The van der Waals surface area contributed by atoms with Crippen LogP contribution in [0.4, 0.5) is 4.39 Å². The number of piperidine rings is 1. The van der Waals surface area contributed by atoms with Crippen molar-refractivity contribution in [1.82, 2.24) is 9.80 Å². The van der Waals surface area contributed by atoms with Crippen molar-refractivity contribution in [1.29, 1.82) is 0 Å². The van der Waals surface area contributed by atoms with Gasteiger partial charge in [-0.25, -0.2) is 4.39 Å². The highest BCUT2D eigenvalue weighted by Gasteiger charge is 2.37. The average molecular weight is 493 g/mol. The second-order valence-electron chi connectivity index (χ2n) is 10.6. The molecule has 5 heteroatoms. The molecule has 3 heterocycles. The molecule has 0 saturated carbocycles. The summed E-state index contributed by atoms with van der Waals surface area (Å²) < 4.78 is 13.1. The van der Waals surface area contributed by atoms with Crippen molar-refractivity contribution in [3.05, 3.63) is 93.9 Å². The van der Waals surface area contributed by atoms with Gasteiger partial charge in [-0.3, -0.25) is 4.90 Å². The van der Waals surface area contributed by atoms with Gasteiger partial charge in [0.15, 0.2) is 0 Å². The maximum absolute atomic E-state index is 13.1. The second kappa shape index (κ2) is 11.3. The number of rotatable bonds is 9. The van der Waals surface area contributed by atoms with E-state index in [0.717, 1.165) is 76.9 Å². The Morgan fingerprint density at radius 1 is 0.914 bits per heavy atom. The maximum Gasteiger partial charge on any atom is 0.123 e. The molecule has 2 aromatic carbocycles. The number of hydrogen-bond acceptors (Lipinski definition) is 4. The number of likely N-dealkylation sites (tertiary alicyclic amines) is 2. The van der Waals surface area contributed by atoms with Crippen LogP contribution in [0.3, 0.4) is 0 Å². The van der Waals surface area contributed by atoms with Crippen LogP contribution in [0.5, 0.6) is 0 Å². The summed E-state index contributed by atoms with van der Waals surface area (Å²) >= 11 is 1.80. The van der Waals surface area contributed by atoms with Gasteiger partial charge in [0, 0.05) is 45.2 Å². The highest BCUT2D eigenvalue weighted by atomic mass is 32.1. The largest absolute Gasteiger partial charge is 0.390 e. The molecule has 0 spiro atoms. The number of aliphatic hydroxyl groups is 1. The van der Waals surface area contributed by atoms with Crippen molar-refractivity contribution in [2.75, 3.05) is 32.7 Å². The summed E-state index contributed by atoms with van der Waals surface area (Å²) in [5, 5.41) is 15.7. The minimum atomic E-state index is -0.557. The van der Waals surface area contributed by atoms with Crippen molar-refractivity contribution < 1.29 is 9.50 Å². The van der Waals surface area contributed by atoms with Gasteiger partial charge in [-0.05, 0) is 83.7 Å². The number of aryl methyl sites for hydroxylation is 1. The Labute approximate surface area is 213 Å². The van der Waals surface area contributed by atoms with E-state index in [1.807, 2.05) is 12.1 Å². The molecule has 5 rings (SSSR count). The first kappa shape index (κ1) is 24.6. The Morgan fingerprint density at radius 2 is 1.69 bits per heavy atom. The molecule has 2 saturated heterocycles. The quantitative estimate of drug-likeness (QED) is 0.400. The van der Waals surface area contributed by atoms with Crippen LogP contribution in [-0.2, 0) is 13.0 Å². The fourth-order valence-electron chi connectivity index (χ4n) is 5.99. The lowest BCUT2D eigenvalue weighted by molar-refractivity contribution is -0.0316. The molecule has 3 aromatic rings. The second-order valence-corrected chi connectivity index (χ2v) is 11.4. The molecule has 0 amide bonds. The van der Waals surface area contributed by atoms with Crippen LogP contribution in [0.2, 0.25) is 0 Å². The van der Waals surface area contributed by atoms with Crippen LogP contribution in [-0.4, -0.2) is 53.2 Å². The van der Waals surface area contributed by atoms with E-state index in [0.29, 0.717) is 11.8 Å². The van der Waals surface area contributed by atoms with Crippen LogP contribution in [0.15, 0.2) is 71.4 Å². The van der Waals surface area contributed by atoms with Crippen molar-refractivity contribution in [2.45, 2.75) is 50.2 Å². The van der Waals surface area contributed by atoms with Gasteiger partial charge in [-0.2, -0.15) is 11.3 Å². The van der Waals surface area contributed by atoms with Gasteiger partial charge < -0.3 is 10.0 Å². The molecule has 1 aromatic heterocycles. The lowest BCUT2D eigenvalue weighted by Gasteiger charge is -2.39. The van der Waals surface area contributed by atoms with Crippen LogP contribution in [0.1, 0.15) is 48.3 Å². The summed E-state index contributed by atoms with van der Waals surface area (Å²) in [6.45, 7) is 6.33. The Hall–Kier alpha value is -2.05. The summed E-state index contributed by atoms with van der Waals surface area (Å²) in [6.07, 6.45) is 4.36. The number of nitrogens with zero attached hydrogens (tertiary/aromatic N) is 2. The Morgan fingerprint density at radius 3 is 2.40 bits per heavy atom. The molecule has 1 N–H and O–H groups in total. The van der Waals surface area contributed by atoms with Gasteiger partial charge in [0.05, 0.1) is 5.60 Å². The molecule has 2 aliphatic heterocycles. The van der Waals surface area contributed by atoms with Crippen molar-refractivity contribution in [3.63, 3.8) is 0 Å². The zero-order chi connectivity index (χ0) is 24.1. The Balaban J connectivity index is 1.13. The van der Waals surface area contributed by atoms with Crippen molar-refractivity contribution >= 4 is 11.3 Å². The zero-order valence-corrected chi connectivity index (χ0v) is 21.3. The first-order valence-electron chi connectivity index (χ1n) is 13.0. The van der Waals surface area contributed by atoms with Gasteiger partial charge in [-0.1, -0.05) is 42.5 Å². The number of hydrogen-bond donors (Lipinski definition) is 1. The van der Waals surface area contributed by atoms with Crippen molar-refractivity contribution in [3.8, 4) is 0 Å². The topological polar surface area (TPSA) is 26.7 Å². The highest BCUT2D eigenvalue weighted by Crippen LogP contribution is 2.36. The van der Waals surface area contributed by atoms with Gasteiger partial charge in [0.25, 0.3) is 0 Å². The standard InChI is InChI=1S/C30H37FN2OS/c31-28-10-8-24(9-11-28)7-4-13-30(34)14-16-32(17-15-30)20-27-21-33(19-25-5-2-1-3-6-25)22-29(27)26-12-18-35-23-26/h1-3,5-6,8-12,18,23,27,29,34H,4,7,13-17,19-22H2/t27-,29+/m1/s1. The summed E-state index contributed by atoms with van der Waals surface area (Å²) in [5.74, 6) is 1.02. The smallest absolute Gasteiger partial charge is 0.123 e. The average Bonchev–Trinajstić information content (AvgIpc) is 3.53. The molecule has 3 nitrogen and oxygen atoms in total. The highest BCUT2D eigenvalue weighted by molar-refractivity contribution is 7.08. The van der Waals surface area contributed by atoms with Gasteiger partial charge in [0.2, 0.25) is 0 Å². The molecule has 0 unspecified atom stereocenters. The lowest BCUT2D eigenvalue weighted by Crippen LogP contribution is -2.46. The van der Waals surface area contributed by atoms with Gasteiger partial charge >= 0.3 is 0 Å². The van der Waals surface area contributed by atoms with Crippen LogP contribution in [0.25, 0.3) is 0 Å². The summed E-state index contributed by atoms with van der Waals surface area (Å²) in [6, 6.07) is 19.9. The zero-order valence-electron chi connectivity index (χ0n) is 20.5. The SMILES string of the molecule is OC1(CCCc2ccc(F)cc2)CCN(C[C@@H]2CN(Cc3ccccc3)C[C@H]2c2ccsc2)CC1. The molecule has 2 atom stereocenters. The Bertz CT molecular complexity index is 1030. The normalized spacial score (nSPS) is 23.0. The van der Waals surface area contributed by atoms with E-state index in [9.17, 15) is 9.50 Å². The van der Waals surface area contributed by atoms with Gasteiger partial charge in [0.1, 0.15) is 5.82 Å². The molecule has 0 aliphatic carbocycles. The summed E-state index contributed by atoms with van der Waals surface area (Å²) in [7, 11) is 0. The predicted molar refractivity (Wildman–Crippen MR) is 142 cm³/mol. The lowest BCUT2D eigenvalue weighted by atomic mass is 9.84. The fraction of sp³-hybridized carbons (Fsp3) is 0.467. The monoisotopic (exact) mass is 492 g/mol. The molecule has 35 heavy (non-hydrogen) atoms. The third-order valence-corrected chi connectivity index (χ3v) is 8.74. The summed E-state index contributed by atoms with van der Waals surface area (Å²) in [5.41, 5.74) is 3.47. The van der Waals surface area contributed by atoms with E-state index in [-0.39, 0.29) is 5.82 Å². The minimum Gasteiger partial charge on any atom is -0.390 e. The fourth-order valence-corrected chi connectivity index (χ4v) is 6.71. The van der Waals surface area contributed by atoms with E-state index in [1.165, 1.54) is 23.3 Å². The third kappa shape index (κ3) is 6.59. The van der Waals surface area contributed by atoms with E-state index < -0.39 is 5.60 Å². The molecule has 2 aliphatic rings. The van der Waals surface area contributed by atoms with E-state index in [2.05, 4.69) is 57.0 Å². The van der Waals surface area contributed by atoms with Crippen LogP contribution < -0.4 is 0 Å². The van der Waals surface area contributed by atoms with E-state index >= 15 is 0 Å². The predicted octanol–water partition coefficient (Wildman–Crippen LogP) is 5.95. The molecular weight excluding hydrogens is 455 g/mol. The van der Waals surface area contributed by atoms with Crippen LogP contribution in [0, 0.1) is 11.7 Å². The summed E-state index contributed by atoms with van der Waals surface area (Å²) in [4.78, 5) is 5.21. The molecule has 0 radical (unpaired) electrons. The van der Waals surface area contributed by atoms with E-state index in [4.69, 9.17) is 0 Å². The van der Waals surface area contributed by atoms with Crippen molar-refractivity contribution in [2.24, 2.45) is 5.92 Å². The molecule has 2 fully saturated rings. The minimum absolute atomic E-state index is 0.188. The van der Waals surface area contributed by atoms with Gasteiger partial charge in [-0.15, -0.1) is 0 Å². The number of benzene rings is 2. The third-order valence-electron chi connectivity index (χ3n) is 8.04.